The van der Waals surface area contributed by atoms with E-state index >= 15 is 0 Å². The summed E-state index contributed by atoms with van der Waals surface area (Å²) in [6.07, 6.45) is 7.98. The SMILES string of the molecule is CO[C@@H]1CCCC2C1CCC[C@@H]2C(C)(C)O. The van der Waals surface area contributed by atoms with Crippen molar-refractivity contribution in [3.05, 3.63) is 0 Å². The zero-order valence-corrected chi connectivity index (χ0v) is 10.9. The Bertz CT molecular complexity index is 231. The van der Waals surface area contributed by atoms with Crippen molar-refractivity contribution in [1.29, 1.82) is 0 Å². The lowest BCUT2D eigenvalue weighted by atomic mass is 9.60. The second-order valence-electron chi connectivity index (χ2n) is 6.22. The first-order valence-electron chi connectivity index (χ1n) is 6.79. The molecule has 0 heterocycles. The van der Waals surface area contributed by atoms with E-state index in [2.05, 4.69) is 0 Å². The van der Waals surface area contributed by atoms with E-state index in [1.54, 1.807) is 0 Å². The van der Waals surface area contributed by atoms with Gasteiger partial charge in [-0.25, -0.2) is 0 Å². The van der Waals surface area contributed by atoms with Crippen molar-refractivity contribution in [2.45, 2.75) is 64.1 Å². The summed E-state index contributed by atoms with van der Waals surface area (Å²) in [7, 11) is 1.85. The van der Waals surface area contributed by atoms with Gasteiger partial charge < -0.3 is 9.84 Å². The molecule has 0 aromatic rings. The predicted molar refractivity (Wildman–Crippen MR) is 65.3 cm³/mol. The predicted octanol–water partition coefficient (Wildman–Crippen LogP) is 2.99. The van der Waals surface area contributed by atoms with Gasteiger partial charge in [0.2, 0.25) is 0 Å². The first-order valence-corrected chi connectivity index (χ1v) is 6.79. The Morgan fingerprint density at radius 2 is 1.62 bits per heavy atom. The maximum Gasteiger partial charge on any atom is 0.0622 e. The fourth-order valence-corrected chi connectivity index (χ4v) is 4.12. The van der Waals surface area contributed by atoms with Gasteiger partial charge in [0.1, 0.15) is 0 Å². The lowest BCUT2D eigenvalue weighted by Crippen LogP contribution is -2.47. The average Bonchev–Trinajstić information content (AvgIpc) is 2.26. The number of aliphatic hydroxyl groups is 1. The molecule has 2 unspecified atom stereocenters. The molecule has 0 aliphatic heterocycles. The molecule has 0 radical (unpaired) electrons. The van der Waals surface area contributed by atoms with Gasteiger partial charge in [-0.2, -0.15) is 0 Å². The highest BCUT2D eigenvalue weighted by atomic mass is 16.5. The van der Waals surface area contributed by atoms with Gasteiger partial charge in [0.05, 0.1) is 11.7 Å². The van der Waals surface area contributed by atoms with Crippen LogP contribution in [0.25, 0.3) is 0 Å². The normalized spacial score (nSPS) is 40.5. The van der Waals surface area contributed by atoms with Gasteiger partial charge in [-0.1, -0.05) is 12.8 Å². The molecule has 2 aliphatic carbocycles. The molecule has 0 spiro atoms. The quantitative estimate of drug-likeness (QED) is 0.784. The molecule has 2 saturated carbocycles. The van der Waals surface area contributed by atoms with E-state index in [0.29, 0.717) is 23.9 Å². The minimum atomic E-state index is -0.515. The van der Waals surface area contributed by atoms with Crippen molar-refractivity contribution in [3.63, 3.8) is 0 Å². The van der Waals surface area contributed by atoms with Crippen molar-refractivity contribution >= 4 is 0 Å². The van der Waals surface area contributed by atoms with Crippen LogP contribution in [-0.4, -0.2) is 23.9 Å². The molecule has 4 atom stereocenters. The second-order valence-corrected chi connectivity index (χ2v) is 6.22. The summed E-state index contributed by atoms with van der Waals surface area (Å²) in [5.41, 5.74) is -0.515. The third-order valence-electron chi connectivity index (χ3n) is 4.83. The summed E-state index contributed by atoms with van der Waals surface area (Å²) in [5, 5.41) is 10.3. The minimum absolute atomic E-state index is 0.448. The largest absolute Gasteiger partial charge is 0.390 e. The maximum atomic E-state index is 10.3. The lowest BCUT2D eigenvalue weighted by Gasteiger charge is -2.48. The highest BCUT2D eigenvalue weighted by molar-refractivity contribution is 4.95. The zero-order chi connectivity index (χ0) is 11.8. The van der Waals surface area contributed by atoms with Crippen LogP contribution in [0.15, 0.2) is 0 Å². The molecular formula is C14H26O2. The number of hydrogen-bond acceptors (Lipinski definition) is 2. The van der Waals surface area contributed by atoms with Crippen LogP contribution in [0.5, 0.6) is 0 Å². The van der Waals surface area contributed by atoms with Gasteiger partial charge in [0.15, 0.2) is 0 Å². The molecule has 94 valence electrons. The van der Waals surface area contributed by atoms with Crippen molar-refractivity contribution in [2.24, 2.45) is 17.8 Å². The van der Waals surface area contributed by atoms with E-state index < -0.39 is 5.60 Å². The van der Waals surface area contributed by atoms with Crippen LogP contribution in [0.1, 0.15) is 52.4 Å². The van der Waals surface area contributed by atoms with Crippen LogP contribution in [0.3, 0.4) is 0 Å². The maximum absolute atomic E-state index is 10.3. The molecule has 2 rings (SSSR count). The van der Waals surface area contributed by atoms with E-state index in [4.69, 9.17) is 4.74 Å². The molecule has 2 fully saturated rings. The molecular weight excluding hydrogens is 200 g/mol. The Balaban J connectivity index is 2.13. The van der Waals surface area contributed by atoms with E-state index in [0.717, 1.165) is 0 Å². The molecule has 16 heavy (non-hydrogen) atoms. The third-order valence-corrected chi connectivity index (χ3v) is 4.83. The number of ether oxygens (including phenoxy) is 1. The van der Waals surface area contributed by atoms with E-state index in [9.17, 15) is 5.11 Å². The number of methoxy groups -OCH3 is 1. The molecule has 2 nitrogen and oxygen atoms in total. The number of fused-ring (bicyclic) bond motifs is 1. The number of hydrogen-bond donors (Lipinski definition) is 1. The Kier molecular flexibility index (Phi) is 3.60. The number of rotatable bonds is 2. The fraction of sp³-hybridized carbons (Fsp3) is 1.00. The monoisotopic (exact) mass is 226 g/mol. The minimum Gasteiger partial charge on any atom is -0.390 e. The third kappa shape index (κ3) is 2.28. The Morgan fingerprint density at radius 3 is 2.25 bits per heavy atom. The van der Waals surface area contributed by atoms with Gasteiger partial charge in [-0.3, -0.25) is 0 Å². The summed E-state index contributed by atoms with van der Waals surface area (Å²) in [5.74, 6) is 1.86. The van der Waals surface area contributed by atoms with Crippen LogP contribution >= 0.6 is 0 Å². The highest BCUT2D eigenvalue weighted by Crippen LogP contribution is 2.48. The van der Waals surface area contributed by atoms with Gasteiger partial charge in [0.25, 0.3) is 0 Å². The lowest BCUT2D eigenvalue weighted by molar-refractivity contribution is -0.0963. The fourth-order valence-electron chi connectivity index (χ4n) is 4.12. The molecule has 2 heteroatoms. The van der Waals surface area contributed by atoms with E-state index in [1.807, 2.05) is 21.0 Å². The Labute approximate surface area is 99.4 Å². The molecule has 2 aliphatic rings. The topological polar surface area (TPSA) is 29.5 Å². The first-order chi connectivity index (χ1) is 7.54. The first kappa shape index (κ1) is 12.4. The molecule has 0 aromatic heterocycles. The van der Waals surface area contributed by atoms with Crippen molar-refractivity contribution in [1.82, 2.24) is 0 Å². The summed E-state index contributed by atoms with van der Waals surface area (Å²) < 4.78 is 5.64. The zero-order valence-electron chi connectivity index (χ0n) is 10.9. The van der Waals surface area contributed by atoms with Crippen LogP contribution in [0.2, 0.25) is 0 Å². The molecule has 1 N–H and O–H groups in total. The Morgan fingerprint density at radius 1 is 1.00 bits per heavy atom. The van der Waals surface area contributed by atoms with Crippen LogP contribution in [-0.2, 0) is 4.74 Å². The summed E-state index contributed by atoms with van der Waals surface area (Å²) >= 11 is 0. The van der Waals surface area contributed by atoms with Gasteiger partial charge in [-0.05, 0) is 57.3 Å². The molecule has 0 amide bonds. The smallest absolute Gasteiger partial charge is 0.0622 e. The summed E-state index contributed by atoms with van der Waals surface area (Å²) in [6, 6.07) is 0. The highest BCUT2D eigenvalue weighted by Gasteiger charge is 2.44. The van der Waals surface area contributed by atoms with Gasteiger partial charge >= 0.3 is 0 Å². The van der Waals surface area contributed by atoms with E-state index in [-0.39, 0.29) is 0 Å². The second kappa shape index (κ2) is 4.66. The summed E-state index contributed by atoms with van der Waals surface area (Å²) in [6.45, 7) is 3.97. The van der Waals surface area contributed by atoms with Crippen molar-refractivity contribution in [3.8, 4) is 0 Å². The van der Waals surface area contributed by atoms with Crippen molar-refractivity contribution in [2.75, 3.05) is 7.11 Å². The van der Waals surface area contributed by atoms with Crippen LogP contribution < -0.4 is 0 Å². The summed E-state index contributed by atoms with van der Waals surface area (Å²) in [4.78, 5) is 0. The van der Waals surface area contributed by atoms with Crippen molar-refractivity contribution < 1.29 is 9.84 Å². The van der Waals surface area contributed by atoms with Crippen LogP contribution in [0, 0.1) is 17.8 Å². The van der Waals surface area contributed by atoms with Gasteiger partial charge in [0, 0.05) is 7.11 Å². The standard InChI is InChI=1S/C14H26O2/c1-14(2,15)12-8-4-7-11-10(12)6-5-9-13(11)16-3/h10-13,15H,4-9H2,1-3H3/t10?,11?,12-,13+/m0/s1. The average molecular weight is 226 g/mol. The van der Waals surface area contributed by atoms with Crippen LogP contribution in [0.4, 0.5) is 0 Å². The molecule has 0 aromatic carbocycles. The van der Waals surface area contributed by atoms with E-state index in [1.165, 1.54) is 38.5 Å². The van der Waals surface area contributed by atoms with Gasteiger partial charge in [-0.15, -0.1) is 0 Å². The Hall–Kier alpha value is -0.0800. The molecule has 0 bridgehead atoms. The molecule has 0 saturated heterocycles.